The van der Waals surface area contributed by atoms with Crippen LogP contribution in [0.1, 0.15) is 28.8 Å². The molecule has 0 aliphatic carbocycles. The number of carbonyl (C=O) groups is 1. The zero-order valence-electron chi connectivity index (χ0n) is 13.5. The highest BCUT2D eigenvalue weighted by Gasteiger charge is 2.26. The highest BCUT2D eigenvalue weighted by atomic mass is 16.4. The molecule has 0 bridgehead atoms. The minimum absolute atomic E-state index is 0.263. The summed E-state index contributed by atoms with van der Waals surface area (Å²) in [5, 5.41) is 9.62. The lowest BCUT2D eigenvalue weighted by atomic mass is 9.94. The molecule has 0 amide bonds. The van der Waals surface area contributed by atoms with E-state index in [1.165, 1.54) is 5.70 Å². The number of aromatic carboxylic acids is 1. The van der Waals surface area contributed by atoms with Crippen LogP contribution in [0, 0.1) is 0 Å². The Labute approximate surface area is 140 Å². The van der Waals surface area contributed by atoms with E-state index >= 15 is 0 Å². The lowest BCUT2D eigenvalue weighted by Gasteiger charge is -2.16. The molecule has 2 aliphatic rings. The third kappa shape index (κ3) is 2.31. The van der Waals surface area contributed by atoms with Gasteiger partial charge in [0, 0.05) is 36.6 Å². The Morgan fingerprint density at radius 1 is 1.17 bits per heavy atom. The van der Waals surface area contributed by atoms with Crippen molar-refractivity contribution < 1.29 is 9.90 Å². The summed E-state index contributed by atoms with van der Waals surface area (Å²) in [6.45, 7) is 1.03. The molecule has 2 aromatic rings. The first-order valence-corrected chi connectivity index (χ1v) is 8.10. The molecule has 4 heteroatoms. The smallest absolute Gasteiger partial charge is 0.337 e. The van der Waals surface area contributed by atoms with Crippen molar-refractivity contribution in [1.82, 2.24) is 4.90 Å². The van der Waals surface area contributed by atoms with Crippen molar-refractivity contribution in [2.24, 2.45) is 4.99 Å². The van der Waals surface area contributed by atoms with Crippen LogP contribution < -0.4 is 0 Å². The Bertz CT molecular complexity index is 882. The predicted molar refractivity (Wildman–Crippen MR) is 95.8 cm³/mol. The lowest BCUT2D eigenvalue weighted by Crippen LogP contribution is -2.12. The predicted octanol–water partition coefficient (Wildman–Crippen LogP) is 4.20. The van der Waals surface area contributed by atoms with E-state index in [4.69, 9.17) is 0 Å². The molecule has 4 rings (SSSR count). The summed E-state index contributed by atoms with van der Waals surface area (Å²) in [5.41, 5.74) is 6.00. The number of hydrogen-bond acceptors (Lipinski definition) is 3. The van der Waals surface area contributed by atoms with Gasteiger partial charge in [0.2, 0.25) is 0 Å². The summed E-state index contributed by atoms with van der Waals surface area (Å²) < 4.78 is 0. The van der Waals surface area contributed by atoms with Crippen molar-refractivity contribution in [2.45, 2.75) is 12.8 Å². The molecule has 0 atom stereocenters. The standard InChI is InChI=1S/C20H18N2O2/c1-22-9-5-8-18(22)17-12-21-19-15(17)10-14(11-16(19)20(23)24)13-6-3-2-4-7-13/h2-4,6-7,10-12H,5,8-9H2,1H3,(H,23,24)/b18-17+. The van der Waals surface area contributed by atoms with Crippen LogP contribution in [0.2, 0.25) is 0 Å². The fourth-order valence-electron chi connectivity index (χ4n) is 3.52. The average Bonchev–Trinajstić information content (AvgIpc) is 3.20. The van der Waals surface area contributed by atoms with Gasteiger partial charge in [0.25, 0.3) is 0 Å². The van der Waals surface area contributed by atoms with Gasteiger partial charge >= 0.3 is 5.97 Å². The summed E-state index contributed by atoms with van der Waals surface area (Å²) in [6, 6.07) is 13.7. The van der Waals surface area contributed by atoms with Crippen LogP contribution >= 0.6 is 0 Å². The van der Waals surface area contributed by atoms with Crippen LogP contribution in [0.25, 0.3) is 16.7 Å². The molecular weight excluding hydrogens is 300 g/mol. The Balaban J connectivity index is 1.94. The number of hydrogen-bond donors (Lipinski definition) is 1. The van der Waals surface area contributed by atoms with Crippen molar-refractivity contribution in [3.8, 4) is 11.1 Å². The quantitative estimate of drug-likeness (QED) is 0.902. The highest BCUT2D eigenvalue weighted by molar-refractivity contribution is 6.20. The number of rotatable bonds is 2. The molecule has 0 radical (unpaired) electrons. The van der Waals surface area contributed by atoms with Crippen LogP contribution in [-0.4, -0.2) is 35.8 Å². The first kappa shape index (κ1) is 14.7. The zero-order chi connectivity index (χ0) is 16.7. The molecular formula is C20H18N2O2. The zero-order valence-corrected chi connectivity index (χ0v) is 13.5. The maximum atomic E-state index is 11.7. The average molecular weight is 318 g/mol. The van der Waals surface area contributed by atoms with E-state index in [2.05, 4.69) is 23.0 Å². The van der Waals surface area contributed by atoms with Gasteiger partial charge in [0.1, 0.15) is 0 Å². The maximum absolute atomic E-state index is 11.7. The van der Waals surface area contributed by atoms with Gasteiger partial charge in [-0.2, -0.15) is 0 Å². The van der Waals surface area contributed by atoms with Gasteiger partial charge in [-0.3, -0.25) is 4.99 Å². The number of aliphatic imine (C=N–C) groups is 1. The summed E-state index contributed by atoms with van der Waals surface area (Å²) in [4.78, 5) is 18.4. The summed E-state index contributed by atoms with van der Waals surface area (Å²) >= 11 is 0. The molecule has 0 unspecified atom stereocenters. The molecule has 4 nitrogen and oxygen atoms in total. The van der Waals surface area contributed by atoms with Gasteiger partial charge in [0.15, 0.2) is 0 Å². The van der Waals surface area contributed by atoms with Gasteiger partial charge in [-0.15, -0.1) is 0 Å². The SMILES string of the molecule is CN1CCC/C1=C1/C=Nc2c(C(=O)O)cc(-c3ccccc3)cc21. The fraction of sp³-hybridized carbons (Fsp3) is 0.200. The van der Waals surface area contributed by atoms with Crippen LogP contribution in [0.3, 0.4) is 0 Å². The summed E-state index contributed by atoms with van der Waals surface area (Å²) in [7, 11) is 2.08. The number of benzene rings is 2. The van der Waals surface area contributed by atoms with E-state index in [-0.39, 0.29) is 5.56 Å². The van der Waals surface area contributed by atoms with E-state index in [1.54, 1.807) is 6.07 Å². The fourth-order valence-corrected chi connectivity index (χ4v) is 3.52. The topological polar surface area (TPSA) is 52.9 Å². The molecule has 2 aliphatic heterocycles. The van der Waals surface area contributed by atoms with E-state index in [1.807, 2.05) is 36.5 Å². The molecule has 0 spiro atoms. The van der Waals surface area contributed by atoms with Gasteiger partial charge in [0.05, 0.1) is 11.3 Å². The monoisotopic (exact) mass is 318 g/mol. The molecule has 2 aromatic carbocycles. The van der Waals surface area contributed by atoms with Crippen molar-refractivity contribution >= 4 is 23.4 Å². The summed E-state index contributed by atoms with van der Waals surface area (Å²) in [6.07, 6.45) is 3.96. The lowest BCUT2D eigenvalue weighted by molar-refractivity contribution is 0.0698. The van der Waals surface area contributed by atoms with E-state index in [0.29, 0.717) is 5.69 Å². The van der Waals surface area contributed by atoms with Crippen molar-refractivity contribution in [3.63, 3.8) is 0 Å². The van der Waals surface area contributed by atoms with E-state index in [9.17, 15) is 9.90 Å². The number of carboxylic acid groups (broad SMARTS) is 1. The molecule has 120 valence electrons. The van der Waals surface area contributed by atoms with Crippen LogP contribution in [0.15, 0.2) is 53.2 Å². The second kappa shape index (κ2) is 5.64. The minimum Gasteiger partial charge on any atom is -0.478 e. The van der Waals surface area contributed by atoms with Crippen LogP contribution in [0.5, 0.6) is 0 Å². The van der Waals surface area contributed by atoms with E-state index < -0.39 is 5.97 Å². The molecule has 2 heterocycles. The first-order chi connectivity index (χ1) is 11.6. The van der Waals surface area contributed by atoms with E-state index in [0.717, 1.165) is 41.6 Å². The molecule has 24 heavy (non-hydrogen) atoms. The number of carboxylic acids is 1. The number of nitrogens with zero attached hydrogens (tertiary/aromatic N) is 2. The normalized spacial score (nSPS) is 19.0. The van der Waals surface area contributed by atoms with Gasteiger partial charge in [-0.25, -0.2) is 4.79 Å². The highest BCUT2D eigenvalue weighted by Crippen LogP contribution is 2.41. The molecule has 0 saturated carbocycles. The summed E-state index contributed by atoms with van der Waals surface area (Å²) in [5.74, 6) is -0.938. The third-order valence-electron chi connectivity index (χ3n) is 4.74. The second-order valence-corrected chi connectivity index (χ2v) is 6.23. The van der Waals surface area contributed by atoms with Crippen LogP contribution in [-0.2, 0) is 0 Å². The van der Waals surface area contributed by atoms with Gasteiger partial charge in [-0.05, 0) is 36.1 Å². The van der Waals surface area contributed by atoms with Crippen LogP contribution in [0.4, 0.5) is 5.69 Å². The van der Waals surface area contributed by atoms with Crippen molar-refractivity contribution in [3.05, 3.63) is 59.3 Å². The number of likely N-dealkylation sites (tertiary alicyclic amines) is 1. The van der Waals surface area contributed by atoms with Crippen molar-refractivity contribution in [2.75, 3.05) is 13.6 Å². The Morgan fingerprint density at radius 2 is 1.96 bits per heavy atom. The Kier molecular flexibility index (Phi) is 3.45. The number of fused-ring (bicyclic) bond motifs is 1. The third-order valence-corrected chi connectivity index (χ3v) is 4.74. The number of allylic oxidation sites excluding steroid dienone is 2. The maximum Gasteiger partial charge on any atom is 0.337 e. The molecule has 0 aromatic heterocycles. The molecule has 1 N–H and O–H groups in total. The minimum atomic E-state index is -0.938. The second-order valence-electron chi connectivity index (χ2n) is 6.23. The Morgan fingerprint density at radius 3 is 2.62 bits per heavy atom. The largest absolute Gasteiger partial charge is 0.478 e. The van der Waals surface area contributed by atoms with Gasteiger partial charge in [-0.1, -0.05) is 30.3 Å². The Hall–Kier alpha value is -2.88. The molecule has 1 fully saturated rings. The van der Waals surface area contributed by atoms with Gasteiger partial charge < -0.3 is 10.0 Å². The first-order valence-electron chi connectivity index (χ1n) is 8.10. The van der Waals surface area contributed by atoms with Crippen molar-refractivity contribution in [1.29, 1.82) is 0 Å². The molecule has 1 saturated heterocycles.